The Balaban J connectivity index is 2.34. The lowest BCUT2D eigenvalue weighted by molar-refractivity contribution is 0.262. The van der Waals surface area contributed by atoms with Crippen molar-refractivity contribution in [2.24, 2.45) is 11.7 Å². The number of nitrogens with zero attached hydrogens (tertiary/aromatic N) is 1. The zero-order chi connectivity index (χ0) is 12.3. The minimum absolute atomic E-state index is 0.218. The van der Waals surface area contributed by atoms with Crippen molar-refractivity contribution in [2.45, 2.75) is 6.92 Å². The summed E-state index contributed by atoms with van der Waals surface area (Å²) in [7, 11) is 0. The lowest BCUT2D eigenvalue weighted by atomic mass is 10.2. The number of ether oxygens (including phenoxy) is 1. The highest BCUT2D eigenvalue weighted by Gasteiger charge is 2.15. The van der Waals surface area contributed by atoms with Gasteiger partial charge >= 0.3 is 0 Å². The largest absolute Gasteiger partial charge is 0.488 e. The molecule has 0 amide bonds. The first-order chi connectivity index (χ1) is 8.26. The zero-order valence-corrected chi connectivity index (χ0v) is 9.64. The predicted octanol–water partition coefficient (Wildman–Crippen LogP) is 2.28. The molecule has 1 aromatic carbocycles. The summed E-state index contributed by atoms with van der Waals surface area (Å²) < 4.78 is 11.0. The highest BCUT2D eigenvalue weighted by Crippen LogP contribution is 2.32. The van der Waals surface area contributed by atoms with E-state index in [2.05, 4.69) is 0 Å². The molecule has 4 heteroatoms. The van der Waals surface area contributed by atoms with E-state index in [1.54, 1.807) is 0 Å². The van der Waals surface area contributed by atoms with Gasteiger partial charge in [0.05, 0.1) is 12.0 Å². The Labute approximate surface area is 99.6 Å². The van der Waals surface area contributed by atoms with E-state index < -0.39 is 0 Å². The summed E-state index contributed by atoms with van der Waals surface area (Å²) in [4.78, 5) is 0. The van der Waals surface area contributed by atoms with E-state index in [0.29, 0.717) is 24.5 Å². The molecule has 0 spiro atoms. The number of nitrogens with two attached hydrogens (primary N) is 1. The third-order valence-corrected chi connectivity index (χ3v) is 2.57. The summed E-state index contributed by atoms with van der Waals surface area (Å²) in [6.07, 6.45) is 0. The van der Waals surface area contributed by atoms with Crippen LogP contribution in [0.15, 0.2) is 28.7 Å². The summed E-state index contributed by atoms with van der Waals surface area (Å²) in [6.45, 7) is 3.03. The van der Waals surface area contributed by atoms with Gasteiger partial charge in [-0.1, -0.05) is 19.1 Å². The number of benzene rings is 1. The Bertz CT molecular complexity index is 554. The van der Waals surface area contributed by atoms with Crippen LogP contribution in [0.2, 0.25) is 0 Å². The van der Waals surface area contributed by atoms with Gasteiger partial charge in [-0.05, 0) is 18.7 Å². The second-order valence-corrected chi connectivity index (χ2v) is 4.02. The van der Waals surface area contributed by atoms with Gasteiger partial charge in [-0.2, -0.15) is 5.26 Å². The van der Waals surface area contributed by atoms with E-state index in [9.17, 15) is 0 Å². The van der Waals surface area contributed by atoms with E-state index in [4.69, 9.17) is 20.1 Å². The van der Waals surface area contributed by atoms with Crippen LogP contribution in [0.1, 0.15) is 12.7 Å². The third-order valence-electron chi connectivity index (χ3n) is 2.57. The molecule has 1 aromatic heterocycles. The monoisotopic (exact) mass is 230 g/mol. The van der Waals surface area contributed by atoms with Gasteiger partial charge in [0.2, 0.25) is 5.76 Å². The van der Waals surface area contributed by atoms with Crippen molar-refractivity contribution in [2.75, 3.05) is 13.2 Å². The fourth-order valence-corrected chi connectivity index (χ4v) is 1.53. The molecular weight excluding hydrogens is 216 g/mol. The lowest BCUT2D eigenvalue weighted by Crippen LogP contribution is -2.18. The van der Waals surface area contributed by atoms with E-state index in [1.807, 2.05) is 37.3 Å². The average Bonchev–Trinajstić information content (AvgIpc) is 2.73. The second kappa shape index (κ2) is 4.89. The number of para-hydroxylation sites is 1. The van der Waals surface area contributed by atoms with Crippen LogP contribution >= 0.6 is 0 Å². The molecule has 0 aliphatic rings. The van der Waals surface area contributed by atoms with Gasteiger partial charge in [0.15, 0.2) is 5.75 Å². The second-order valence-electron chi connectivity index (χ2n) is 4.02. The minimum atomic E-state index is 0.218. The SMILES string of the molecule is CC(CN)COc1c(C#N)oc2ccccc12. The topological polar surface area (TPSA) is 72.2 Å². The van der Waals surface area contributed by atoms with Gasteiger partial charge in [-0.15, -0.1) is 0 Å². The smallest absolute Gasteiger partial charge is 0.246 e. The molecule has 0 radical (unpaired) electrons. The summed E-state index contributed by atoms with van der Waals surface area (Å²) in [6, 6.07) is 9.44. The molecule has 2 N–H and O–H groups in total. The highest BCUT2D eigenvalue weighted by molar-refractivity contribution is 5.86. The van der Waals surface area contributed by atoms with Crippen molar-refractivity contribution in [3.63, 3.8) is 0 Å². The highest BCUT2D eigenvalue weighted by atomic mass is 16.5. The van der Waals surface area contributed by atoms with Gasteiger partial charge in [0.25, 0.3) is 0 Å². The van der Waals surface area contributed by atoms with E-state index >= 15 is 0 Å². The number of rotatable bonds is 4. The predicted molar refractivity (Wildman–Crippen MR) is 64.6 cm³/mol. The van der Waals surface area contributed by atoms with Crippen LogP contribution in [-0.4, -0.2) is 13.2 Å². The van der Waals surface area contributed by atoms with E-state index in [1.165, 1.54) is 0 Å². The number of hydrogen-bond acceptors (Lipinski definition) is 4. The molecule has 1 atom stereocenters. The zero-order valence-electron chi connectivity index (χ0n) is 9.64. The molecule has 0 aliphatic heterocycles. The molecule has 0 saturated carbocycles. The third kappa shape index (κ3) is 2.24. The Morgan fingerprint density at radius 1 is 1.47 bits per heavy atom. The van der Waals surface area contributed by atoms with Gasteiger partial charge in [0.1, 0.15) is 11.7 Å². The first-order valence-corrected chi connectivity index (χ1v) is 5.50. The van der Waals surface area contributed by atoms with Crippen LogP contribution in [-0.2, 0) is 0 Å². The fourth-order valence-electron chi connectivity index (χ4n) is 1.53. The van der Waals surface area contributed by atoms with Gasteiger partial charge in [0, 0.05) is 5.92 Å². The Morgan fingerprint density at radius 3 is 2.94 bits per heavy atom. The minimum Gasteiger partial charge on any atom is -0.488 e. The maximum absolute atomic E-state index is 8.99. The molecule has 2 aromatic rings. The van der Waals surface area contributed by atoms with Crippen LogP contribution in [0.5, 0.6) is 5.75 Å². The van der Waals surface area contributed by atoms with Crippen molar-refractivity contribution in [1.29, 1.82) is 5.26 Å². The molecular formula is C13H14N2O2. The van der Waals surface area contributed by atoms with Crippen LogP contribution in [0.25, 0.3) is 11.0 Å². The van der Waals surface area contributed by atoms with Gasteiger partial charge < -0.3 is 14.9 Å². The molecule has 0 saturated heterocycles. The van der Waals surface area contributed by atoms with E-state index in [-0.39, 0.29) is 11.7 Å². The normalized spacial score (nSPS) is 12.3. The van der Waals surface area contributed by atoms with Crippen molar-refractivity contribution in [1.82, 2.24) is 0 Å². The fraction of sp³-hybridized carbons (Fsp3) is 0.308. The average molecular weight is 230 g/mol. The Kier molecular flexibility index (Phi) is 3.31. The number of fused-ring (bicyclic) bond motifs is 1. The maximum Gasteiger partial charge on any atom is 0.246 e. The van der Waals surface area contributed by atoms with E-state index in [0.717, 1.165) is 5.39 Å². The first-order valence-electron chi connectivity index (χ1n) is 5.50. The van der Waals surface area contributed by atoms with Gasteiger partial charge in [-0.25, -0.2) is 0 Å². The molecule has 1 unspecified atom stereocenters. The molecule has 0 bridgehead atoms. The van der Waals surface area contributed by atoms with Crippen LogP contribution in [0.4, 0.5) is 0 Å². The Morgan fingerprint density at radius 2 is 2.24 bits per heavy atom. The molecule has 0 fully saturated rings. The number of hydrogen-bond donors (Lipinski definition) is 1. The molecule has 2 rings (SSSR count). The van der Waals surface area contributed by atoms with Crippen molar-refractivity contribution < 1.29 is 9.15 Å². The maximum atomic E-state index is 8.99. The first kappa shape index (κ1) is 11.5. The van der Waals surface area contributed by atoms with Crippen molar-refractivity contribution in [3.05, 3.63) is 30.0 Å². The molecule has 17 heavy (non-hydrogen) atoms. The quantitative estimate of drug-likeness (QED) is 0.874. The molecule has 0 aliphatic carbocycles. The molecule has 88 valence electrons. The number of furan rings is 1. The molecule has 4 nitrogen and oxygen atoms in total. The summed E-state index contributed by atoms with van der Waals surface area (Å²) in [5, 5.41) is 9.82. The molecule has 1 heterocycles. The van der Waals surface area contributed by atoms with Crippen LogP contribution in [0, 0.1) is 17.2 Å². The standard InChI is InChI=1S/C13H14N2O2/c1-9(6-14)8-16-13-10-4-2-3-5-11(10)17-12(13)7-15/h2-5,9H,6,8,14H2,1H3. The van der Waals surface area contributed by atoms with Crippen LogP contribution in [0.3, 0.4) is 0 Å². The van der Waals surface area contributed by atoms with Crippen LogP contribution < -0.4 is 10.5 Å². The number of nitriles is 1. The lowest BCUT2D eigenvalue weighted by Gasteiger charge is -2.09. The summed E-state index contributed by atoms with van der Waals surface area (Å²) in [5.41, 5.74) is 6.19. The Hall–Kier alpha value is -1.99. The van der Waals surface area contributed by atoms with Crippen molar-refractivity contribution in [3.8, 4) is 11.8 Å². The van der Waals surface area contributed by atoms with Crippen molar-refractivity contribution >= 4 is 11.0 Å². The summed E-state index contributed by atoms with van der Waals surface area (Å²) in [5.74, 6) is 0.981. The summed E-state index contributed by atoms with van der Waals surface area (Å²) >= 11 is 0. The van der Waals surface area contributed by atoms with Gasteiger partial charge in [-0.3, -0.25) is 0 Å².